The molecule has 0 saturated heterocycles. The molecule has 0 saturated carbocycles. The molecule has 0 aliphatic heterocycles. The van der Waals surface area contributed by atoms with Crippen LogP contribution in [0.5, 0.6) is 5.75 Å². The number of likely N-dealkylation sites (N-methyl/N-ethyl adjacent to an activating group) is 1. The maximum absolute atomic E-state index is 5.94. The van der Waals surface area contributed by atoms with E-state index in [1.165, 1.54) is 0 Å². The molecule has 3 heteroatoms. The number of methoxy groups -OCH3 is 1. The van der Waals surface area contributed by atoms with Crippen molar-refractivity contribution in [2.45, 2.75) is 26.3 Å². The Labute approximate surface area is 105 Å². The molecule has 0 aliphatic rings. The molecule has 0 bridgehead atoms. The van der Waals surface area contributed by atoms with Crippen LogP contribution in [0.25, 0.3) is 0 Å². The summed E-state index contributed by atoms with van der Waals surface area (Å²) in [6, 6.07) is 8.08. The Bertz CT molecular complexity index is 348. The fourth-order valence-electron chi connectivity index (χ4n) is 1.86. The van der Waals surface area contributed by atoms with Crippen LogP contribution in [-0.2, 0) is 0 Å². The number of anilines is 1. The van der Waals surface area contributed by atoms with Gasteiger partial charge in [-0.3, -0.25) is 0 Å². The summed E-state index contributed by atoms with van der Waals surface area (Å²) >= 11 is 0. The Kier molecular flexibility index (Phi) is 4.40. The number of hydrogen-bond donors (Lipinski definition) is 1. The van der Waals surface area contributed by atoms with Gasteiger partial charge in [0.1, 0.15) is 5.75 Å². The molecule has 1 rings (SSSR count). The monoisotopic (exact) mass is 236 g/mol. The van der Waals surface area contributed by atoms with Gasteiger partial charge in [0.2, 0.25) is 0 Å². The first-order valence-electron chi connectivity index (χ1n) is 6.03. The molecule has 0 heterocycles. The quantitative estimate of drug-likeness (QED) is 0.853. The lowest BCUT2D eigenvalue weighted by atomic mass is 9.86. The first kappa shape index (κ1) is 13.8. The molecule has 0 radical (unpaired) electrons. The van der Waals surface area contributed by atoms with Crippen LogP contribution in [0.4, 0.5) is 5.69 Å². The van der Waals surface area contributed by atoms with Crippen LogP contribution in [-0.4, -0.2) is 26.2 Å². The summed E-state index contributed by atoms with van der Waals surface area (Å²) < 4.78 is 5.17. The molecular formula is C14H24N2O. The van der Waals surface area contributed by atoms with Crippen molar-refractivity contribution < 1.29 is 4.74 Å². The van der Waals surface area contributed by atoms with E-state index in [0.29, 0.717) is 12.5 Å². The Morgan fingerprint density at radius 1 is 1.29 bits per heavy atom. The summed E-state index contributed by atoms with van der Waals surface area (Å²) in [5, 5.41) is 0. The van der Waals surface area contributed by atoms with Crippen LogP contribution in [0.15, 0.2) is 24.3 Å². The summed E-state index contributed by atoms with van der Waals surface area (Å²) in [5.41, 5.74) is 7.06. The summed E-state index contributed by atoms with van der Waals surface area (Å²) in [5.74, 6) is 1.36. The van der Waals surface area contributed by atoms with E-state index in [4.69, 9.17) is 10.5 Å². The van der Waals surface area contributed by atoms with E-state index >= 15 is 0 Å². The van der Waals surface area contributed by atoms with Crippen LogP contribution < -0.4 is 15.4 Å². The molecule has 0 aromatic heterocycles. The van der Waals surface area contributed by atoms with Crippen molar-refractivity contribution in [1.82, 2.24) is 0 Å². The molecule has 1 unspecified atom stereocenters. The molecular weight excluding hydrogens is 212 g/mol. The average Bonchev–Trinajstić information content (AvgIpc) is 2.36. The maximum Gasteiger partial charge on any atom is 0.119 e. The molecule has 1 atom stereocenters. The second-order valence-corrected chi connectivity index (χ2v) is 4.97. The zero-order valence-corrected chi connectivity index (χ0v) is 11.5. The van der Waals surface area contributed by atoms with Gasteiger partial charge < -0.3 is 15.4 Å². The largest absolute Gasteiger partial charge is 0.497 e. The molecule has 0 amide bonds. The smallest absolute Gasteiger partial charge is 0.119 e. The lowest BCUT2D eigenvalue weighted by molar-refractivity contribution is 0.333. The minimum Gasteiger partial charge on any atom is -0.497 e. The molecule has 96 valence electrons. The highest BCUT2D eigenvalue weighted by Crippen LogP contribution is 2.29. The molecule has 1 aromatic rings. The standard InChI is InChI=1S/C14H24N2O/c1-11(2)14(3,10-15)16(4)12-6-8-13(17-5)9-7-12/h6-9,11H,10,15H2,1-5H3. The summed E-state index contributed by atoms with van der Waals surface area (Å²) in [6.45, 7) is 7.23. The SMILES string of the molecule is COc1ccc(N(C)C(C)(CN)C(C)C)cc1. The minimum absolute atomic E-state index is 0.0331. The Hall–Kier alpha value is -1.22. The predicted octanol–water partition coefficient (Wildman–Crippen LogP) is 2.50. The van der Waals surface area contributed by atoms with E-state index in [-0.39, 0.29) is 5.54 Å². The van der Waals surface area contributed by atoms with Gasteiger partial charge in [0.15, 0.2) is 0 Å². The van der Waals surface area contributed by atoms with E-state index < -0.39 is 0 Å². The Morgan fingerprint density at radius 2 is 1.82 bits per heavy atom. The number of ether oxygens (including phenoxy) is 1. The fraction of sp³-hybridized carbons (Fsp3) is 0.571. The number of nitrogens with zero attached hydrogens (tertiary/aromatic N) is 1. The van der Waals surface area contributed by atoms with E-state index in [1.54, 1.807) is 7.11 Å². The third-order valence-electron chi connectivity index (χ3n) is 3.88. The van der Waals surface area contributed by atoms with Gasteiger partial charge in [-0.2, -0.15) is 0 Å². The first-order chi connectivity index (χ1) is 7.95. The zero-order valence-electron chi connectivity index (χ0n) is 11.5. The molecule has 0 fully saturated rings. The topological polar surface area (TPSA) is 38.5 Å². The highest BCUT2D eigenvalue weighted by Gasteiger charge is 2.31. The van der Waals surface area contributed by atoms with Gasteiger partial charge in [0.25, 0.3) is 0 Å². The van der Waals surface area contributed by atoms with Gasteiger partial charge in [-0.25, -0.2) is 0 Å². The van der Waals surface area contributed by atoms with Crippen LogP contribution >= 0.6 is 0 Å². The van der Waals surface area contributed by atoms with E-state index in [9.17, 15) is 0 Å². The van der Waals surface area contributed by atoms with E-state index in [2.05, 4.69) is 44.9 Å². The van der Waals surface area contributed by atoms with Gasteiger partial charge in [-0.1, -0.05) is 13.8 Å². The normalized spacial score (nSPS) is 14.5. The minimum atomic E-state index is -0.0331. The summed E-state index contributed by atoms with van der Waals surface area (Å²) in [7, 11) is 3.77. The van der Waals surface area contributed by atoms with Gasteiger partial charge in [0.05, 0.1) is 12.6 Å². The number of benzene rings is 1. The van der Waals surface area contributed by atoms with Crippen molar-refractivity contribution in [3.8, 4) is 5.75 Å². The lowest BCUT2D eigenvalue weighted by Gasteiger charge is -2.43. The Balaban J connectivity index is 2.97. The van der Waals surface area contributed by atoms with Crippen molar-refractivity contribution >= 4 is 5.69 Å². The van der Waals surface area contributed by atoms with Crippen LogP contribution in [0.3, 0.4) is 0 Å². The molecule has 17 heavy (non-hydrogen) atoms. The predicted molar refractivity (Wildman–Crippen MR) is 73.7 cm³/mol. The van der Waals surface area contributed by atoms with Gasteiger partial charge >= 0.3 is 0 Å². The van der Waals surface area contributed by atoms with Crippen LogP contribution in [0, 0.1) is 5.92 Å². The fourth-order valence-corrected chi connectivity index (χ4v) is 1.86. The van der Waals surface area contributed by atoms with E-state index in [1.807, 2.05) is 12.1 Å². The van der Waals surface area contributed by atoms with Crippen molar-refractivity contribution in [1.29, 1.82) is 0 Å². The van der Waals surface area contributed by atoms with Crippen LogP contribution in [0.2, 0.25) is 0 Å². The molecule has 0 spiro atoms. The summed E-state index contributed by atoms with van der Waals surface area (Å²) in [4.78, 5) is 2.25. The third-order valence-corrected chi connectivity index (χ3v) is 3.88. The first-order valence-corrected chi connectivity index (χ1v) is 6.03. The highest BCUT2D eigenvalue weighted by molar-refractivity contribution is 5.50. The second-order valence-electron chi connectivity index (χ2n) is 4.97. The van der Waals surface area contributed by atoms with Crippen molar-refractivity contribution in [3.63, 3.8) is 0 Å². The second kappa shape index (κ2) is 5.41. The van der Waals surface area contributed by atoms with Gasteiger partial charge in [0, 0.05) is 19.3 Å². The van der Waals surface area contributed by atoms with E-state index in [0.717, 1.165) is 11.4 Å². The molecule has 3 nitrogen and oxygen atoms in total. The highest BCUT2D eigenvalue weighted by atomic mass is 16.5. The number of rotatable bonds is 5. The Morgan fingerprint density at radius 3 is 2.18 bits per heavy atom. The average molecular weight is 236 g/mol. The van der Waals surface area contributed by atoms with Gasteiger partial charge in [-0.05, 0) is 37.1 Å². The molecule has 1 aromatic carbocycles. The zero-order chi connectivity index (χ0) is 13.1. The number of hydrogen-bond acceptors (Lipinski definition) is 3. The third kappa shape index (κ3) is 2.72. The van der Waals surface area contributed by atoms with Gasteiger partial charge in [-0.15, -0.1) is 0 Å². The maximum atomic E-state index is 5.94. The molecule has 2 N–H and O–H groups in total. The van der Waals surface area contributed by atoms with Crippen LogP contribution in [0.1, 0.15) is 20.8 Å². The molecule has 0 aliphatic carbocycles. The van der Waals surface area contributed by atoms with Crippen molar-refractivity contribution in [2.75, 3.05) is 25.6 Å². The summed E-state index contributed by atoms with van der Waals surface area (Å²) in [6.07, 6.45) is 0. The van der Waals surface area contributed by atoms with Crippen molar-refractivity contribution in [2.24, 2.45) is 11.7 Å². The number of nitrogens with two attached hydrogens (primary N) is 1. The lowest BCUT2D eigenvalue weighted by Crippen LogP contribution is -2.53. The van der Waals surface area contributed by atoms with Crippen molar-refractivity contribution in [3.05, 3.63) is 24.3 Å².